The first-order chi connectivity index (χ1) is 9.39. The molecule has 0 aliphatic carbocycles. The quantitative estimate of drug-likeness (QED) is 0.615. The van der Waals surface area contributed by atoms with E-state index >= 15 is 0 Å². The van der Waals surface area contributed by atoms with Crippen molar-refractivity contribution in [1.29, 1.82) is 0 Å². The monoisotopic (exact) mass is 316 g/mol. The summed E-state index contributed by atoms with van der Waals surface area (Å²) in [6.45, 7) is 5.83. The molecule has 0 unspecified atom stereocenters. The van der Waals surface area contributed by atoms with Gasteiger partial charge in [0.1, 0.15) is 6.20 Å². The Balaban J connectivity index is 0.00000400. The van der Waals surface area contributed by atoms with E-state index in [0.29, 0.717) is 25.1 Å². The zero-order chi connectivity index (χ0) is 15.3. The van der Waals surface area contributed by atoms with Gasteiger partial charge in [0, 0.05) is 12.6 Å². The van der Waals surface area contributed by atoms with Crippen molar-refractivity contribution in [2.24, 2.45) is 5.73 Å². The molecule has 0 saturated heterocycles. The van der Waals surface area contributed by atoms with Crippen molar-refractivity contribution in [1.82, 2.24) is 10.3 Å². The Bertz CT molecular complexity index is 510. The van der Waals surface area contributed by atoms with Crippen LogP contribution in [-0.2, 0) is 0 Å². The highest BCUT2D eigenvalue weighted by atomic mass is 35.5. The lowest BCUT2D eigenvalue weighted by atomic mass is 9.92. The SMILES string of the molecule is CCC(CC)(CN)NC(=O)c1cc([N+](=O)[O-])cnc1C.Cl. The molecule has 1 amide bonds. The van der Waals surface area contributed by atoms with E-state index in [1.54, 1.807) is 6.92 Å². The summed E-state index contributed by atoms with van der Waals surface area (Å²) in [6, 6.07) is 1.24. The Morgan fingerprint density at radius 3 is 2.48 bits per heavy atom. The number of nitro groups is 1. The van der Waals surface area contributed by atoms with Crippen LogP contribution >= 0.6 is 12.4 Å². The summed E-state index contributed by atoms with van der Waals surface area (Å²) >= 11 is 0. The molecule has 0 fully saturated rings. The lowest BCUT2D eigenvalue weighted by molar-refractivity contribution is -0.385. The fourth-order valence-electron chi connectivity index (χ4n) is 1.93. The number of amides is 1. The van der Waals surface area contributed by atoms with Crippen LogP contribution in [0, 0.1) is 17.0 Å². The number of nitrogens with zero attached hydrogens (tertiary/aromatic N) is 2. The van der Waals surface area contributed by atoms with Gasteiger partial charge in [-0.3, -0.25) is 19.9 Å². The van der Waals surface area contributed by atoms with E-state index in [1.165, 1.54) is 6.07 Å². The van der Waals surface area contributed by atoms with E-state index in [0.717, 1.165) is 6.20 Å². The first-order valence-electron chi connectivity index (χ1n) is 6.52. The fourth-order valence-corrected chi connectivity index (χ4v) is 1.93. The number of carbonyl (C=O) groups excluding carboxylic acids is 1. The summed E-state index contributed by atoms with van der Waals surface area (Å²) in [7, 11) is 0. The molecule has 1 aromatic rings. The maximum absolute atomic E-state index is 12.3. The van der Waals surface area contributed by atoms with Gasteiger partial charge in [-0.15, -0.1) is 12.4 Å². The van der Waals surface area contributed by atoms with Crippen LogP contribution in [0.4, 0.5) is 5.69 Å². The first kappa shape index (κ1) is 19.3. The number of nitrogens with one attached hydrogen (secondary N) is 1. The van der Waals surface area contributed by atoms with Crippen LogP contribution in [-0.4, -0.2) is 27.9 Å². The molecule has 8 heteroatoms. The number of rotatable bonds is 6. The van der Waals surface area contributed by atoms with Crippen LogP contribution in [0.25, 0.3) is 0 Å². The fraction of sp³-hybridized carbons (Fsp3) is 0.538. The topological polar surface area (TPSA) is 111 Å². The van der Waals surface area contributed by atoms with Crippen LogP contribution in [0.2, 0.25) is 0 Å². The Labute approximate surface area is 129 Å². The molecule has 0 atom stereocenters. The van der Waals surface area contributed by atoms with E-state index in [-0.39, 0.29) is 29.6 Å². The maximum Gasteiger partial charge on any atom is 0.288 e. The van der Waals surface area contributed by atoms with Gasteiger partial charge in [0.05, 0.1) is 21.7 Å². The van der Waals surface area contributed by atoms with Crippen molar-refractivity contribution in [2.45, 2.75) is 39.2 Å². The van der Waals surface area contributed by atoms with Gasteiger partial charge in [-0.05, 0) is 19.8 Å². The van der Waals surface area contributed by atoms with Gasteiger partial charge >= 0.3 is 0 Å². The molecule has 1 rings (SSSR count). The van der Waals surface area contributed by atoms with Gasteiger partial charge < -0.3 is 11.1 Å². The Morgan fingerprint density at radius 2 is 2.05 bits per heavy atom. The predicted octanol–water partition coefficient (Wildman–Crippen LogP) is 1.97. The average molecular weight is 317 g/mol. The smallest absolute Gasteiger partial charge is 0.288 e. The molecule has 1 aromatic heterocycles. The third-order valence-corrected chi connectivity index (χ3v) is 3.65. The minimum Gasteiger partial charge on any atom is -0.345 e. The zero-order valence-corrected chi connectivity index (χ0v) is 13.2. The highest BCUT2D eigenvalue weighted by Crippen LogP contribution is 2.18. The van der Waals surface area contributed by atoms with Crippen molar-refractivity contribution in [3.8, 4) is 0 Å². The van der Waals surface area contributed by atoms with Crippen molar-refractivity contribution < 1.29 is 9.72 Å². The van der Waals surface area contributed by atoms with E-state index in [9.17, 15) is 14.9 Å². The highest BCUT2D eigenvalue weighted by molar-refractivity contribution is 5.96. The van der Waals surface area contributed by atoms with Crippen molar-refractivity contribution >= 4 is 24.0 Å². The van der Waals surface area contributed by atoms with Crippen molar-refractivity contribution in [3.63, 3.8) is 0 Å². The number of aromatic nitrogens is 1. The van der Waals surface area contributed by atoms with Gasteiger partial charge in [-0.25, -0.2) is 0 Å². The predicted molar refractivity (Wildman–Crippen MR) is 82.7 cm³/mol. The molecule has 0 spiro atoms. The lowest BCUT2D eigenvalue weighted by Crippen LogP contribution is -2.53. The second kappa shape index (κ2) is 7.90. The van der Waals surface area contributed by atoms with Gasteiger partial charge in [0.25, 0.3) is 11.6 Å². The first-order valence-corrected chi connectivity index (χ1v) is 6.52. The standard InChI is InChI=1S/C13H20N4O3.ClH/c1-4-13(5-2,8-14)16-12(18)11-6-10(17(19)20)7-15-9(11)3;/h6-7H,4-5,8,14H2,1-3H3,(H,16,18);1H. The van der Waals surface area contributed by atoms with Crippen molar-refractivity contribution in [2.75, 3.05) is 6.54 Å². The molecule has 0 saturated carbocycles. The number of hydrogen-bond donors (Lipinski definition) is 2. The lowest BCUT2D eigenvalue weighted by Gasteiger charge is -2.31. The van der Waals surface area contributed by atoms with E-state index in [4.69, 9.17) is 5.73 Å². The summed E-state index contributed by atoms with van der Waals surface area (Å²) in [6.07, 6.45) is 2.52. The Morgan fingerprint density at radius 1 is 1.48 bits per heavy atom. The van der Waals surface area contributed by atoms with Gasteiger partial charge in [0.2, 0.25) is 0 Å². The summed E-state index contributed by atoms with van der Waals surface area (Å²) in [4.78, 5) is 26.4. The highest BCUT2D eigenvalue weighted by Gasteiger charge is 2.28. The number of carbonyl (C=O) groups is 1. The minimum absolute atomic E-state index is 0. The molecule has 21 heavy (non-hydrogen) atoms. The normalized spacial score (nSPS) is 10.7. The molecule has 0 radical (unpaired) electrons. The third kappa shape index (κ3) is 4.37. The molecule has 0 aliphatic heterocycles. The average Bonchev–Trinajstić information content (AvgIpc) is 2.45. The number of pyridine rings is 1. The number of nitrogens with two attached hydrogens (primary N) is 1. The van der Waals surface area contributed by atoms with Gasteiger partial charge in [-0.1, -0.05) is 13.8 Å². The molecule has 0 aliphatic rings. The van der Waals surface area contributed by atoms with Crippen molar-refractivity contribution in [3.05, 3.63) is 33.6 Å². The van der Waals surface area contributed by atoms with Crippen LogP contribution in [0.15, 0.2) is 12.3 Å². The third-order valence-electron chi connectivity index (χ3n) is 3.65. The molecule has 0 bridgehead atoms. The van der Waals surface area contributed by atoms with E-state index in [2.05, 4.69) is 10.3 Å². The van der Waals surface area contributed by atoms with Crippen LogP contribution in [0.1, 0.15) is 42.7 Å². The molecule has 118 valence electrons. The molecule has 1 heterocycles. The summed E-state index contributed by atoms with van der Waals surface area (Å²) in [5, 5.41) is 13.6. The second-order valence-corrected chi connectivity index (χ2v) is 4.73. The minimum atomic E-state index is -0.570. The van der Waals surface area contributed by atoms with Crippen LogP contribution in [0.5, 0.6) is 0 Å². The Kier molecular flexibility index (Phi) is 7.25. The van der Waals surface area contributed by atoms with E-state index in [1.807, 2.05) is 13.8 Å². The molecular formula is C13H21ClN4O3. The summed E-state index contributed by atoms with van der Waals surface area (Å²) < 4.78 is 0. The maximum atomic E-state index is 12.3. The summed E-state index contributed by atoms with van der Waals surface area (Å²) in [5.41, 5.74) is 5.70. The Hall–Kier alpha value is -1.73. The molecule has 3 N–H and O–H groups in total. The van der Waals surface area contributed by atoms with Gasteiger partial charge in [0.15, 0.2) is 0 Å². The summed E-state index contributed by atoms with van der Waals surface area (Å²) in [5.74, 6) is -0.382. The number of hydrogen-bond acceptors (Lipinski definition) is 5. The largest absolute Gasteiger partial charge is 0.345 e. The van der Waals surface area contributed by atoms with Gasteiger partial charge in [-0.2, -0.15) is 0 Å². The second-order valence-electron chi connectivity index (χ2n) is 4.73. The molecule has 7 nitrogen and oxygen atoms in total. The van der Waals surface area contributed by atoms with Crippen LogP contribution in [0.3, 0.4) is 0 Å². The molecular weight excluding hydrogens is 296 g/mol. The van der Waals surface area contributed by atoms with Crippen LogP contribution < -0.4 is 11.1 Å². The molecule has 0 aromatic carbocycles. The number of aryl methyl sites for hydroxylation is 1. The zero-order valence-electron chi connectivity index (χ0n) is 12.4. The van der Waals surface area contributed by atoms with E-state index < -0.39 is 10.5 Å². The number of halogens is 1.